The normalized spacial score (nSPS) is 10.2. The van der Waals surface area contributed by atoms with Crippen LogP contribution in [0.1, 0.15) is 5.56 Å². The summed E-state index contributed by atoms with van der Waals surface area (Å²) < 4.78 is 0.783. The maximum Gasteiger partial charge on any atom is 0.311 e. The van der Waals surface area contributed by atoms with Gasteiger partial charge < -0.3 is 10.7 Å². The van der Waals surface area contributed by atoms with Gasteiger partial charge in [-0.15, -0.1) is 0 Å². The van der Waals surface area contributed by atoms with E-state index in [1.807, 2.05) is 25.1 Å². The van der Waals surface area contributed by atoms with E-state index in [1.165, 1.54) is 12.1 Å². The third-order valence-corrected chi connectivity index (χ3v) is 3.28. The van der Waals surface area contributed by atoms with Crippen molar-refractivity contribution in [1.82, 2.24) is 4.98 Å². The van der Waals surface area contributed by atoms with Crippen molar-refractivity contribution in [2.45, 2.75) is 6.92 Å². The maximum atomic E-state index is 11.0. The van der Waals surface area contributed by atoms with Crippen molar-refractivity contribution in [2.24, 2.45) is 5.84 Å². The lowest BCUT2D eigenvalue weighted by Gasteiger charge is -2.10. The molecule has 104 valence electrons. The van der Waals surface area contributed by atoms with E-state index < -0.39 is 4.92 Å². The molecule has 1 aromatic carbocycles. The van der Waals surface area contributed by atoms with E-state index in [-0.39, 0.29) is 11.5 Å². The second-order valence-corrected chi connectivity index (χ2v) is 4.93. The van der Waals surface area contributed by atoms with Crippen LogP contribution in [0.3, 0.4) is 0 Å². The first-order valence-electron chi connectivity index (χ1n) is 5.66. The van der Waals surface area contributed by atoms with Crippen LogP contribution >= 0.6 is 15.9 Å². The van der Waals surface area contributed by atoms with Crippen LogP contribution in [0.4, 0.5) is 23.0 Å². The molecule has 0 atom stereocenters. The summed E-state index contributed by atoms with van der Waals surface area (Å²) in [5, 5.41) is 14.0. The Morgan fingerprint density at radius 2 is 2.10 bits per heavy atom. The number of halogens is 1. The predicted octanol–water partition coefficient (Wildman–Crippen LogP) is 3.09. The summed E-state index contributed by atoms with van der Waals surface area (Å²) in [6, 6.07) is 8.42. The molecule has 0 unspecified atom stereocenters. The quantitative estimate of drug-likeness (QED) is 0.449. The summed E-state index contributed by atoms with van der Waals surface area (Å²) >= 11 is 3.38. The molecule has 0 fully saturated rings. The summed E-state index contributed by atoms with van der Waals surface area (Å²) in [5.74, 6) is 5.73. The van der Waals surface area contributed by atoms with Gasteiger partial charge in [-0.3, -0.25) is 10.1 Å². The van der Waals surface area contributed by atoms with Crippen molar-refractivity contribution in [2.75, 3.05) is 10.7 Å². The number of hydrogen-bond donors (Lipinski definition) is 3. The number of nitrogens with two attached hydrogens (primary N) is 1. The minimum Gasteiger partial charge on any atom is -0.333 e. The molecule has 2 aromatic rings. The summed E-state index contributed by atoms with van der Waals surface area (Å²) in [4.78, 5) is 14.6. The summed E-state index contributed by atoms with van der Waals surface area (Å²) in [5.41, 5.74) is 3.94. The standard InChI is InChI=1S/C12H12BrN5O2/c1-7-2-3-8(13)9(6-7)15-12-10(18(19)20)4-5-11(16-12)17-14/h2-6H,14H2,1H3,(H2,15,16,17). The molecule has 0 bridgehead atoms. The Morgan fingerprint density at radius 1 is 1.35 bits per heavy atom. The van der Waals surface area contributed by atoms with Crippen molar-refractivity contribution < 1.29 is 4.92 Å². The average Bonchev–Trinajstić information content (AvgIpc) is 2.42. The maximum absolute atomic E-state index is 11.0. The number of aromatic nitrogens is 1. The van der Waals surface area contributed by atoms with E-state index in [2.05, 4.69) is 31.7 Å². The van der Waals surface area contributed by atoms with Crippen LogP contribution in [0.5, 0.6) is 0 Å². The lowest BCUT2D eigenvalue weighted by molar-refractivity contribution is -0.384. The number of nitrogen functional groups attached to an aromatic ring is 1. The molecule has 4 N–H and O–H groups in total. The van der Waals surface area contributed by atoms with Crippen molar-refractivity contribution >= 4 is 38.9 Å². The van der Waals surface area contributed by atoms with Crippen LogP contribution in [0, 0.1) is 17.0 Å². The molecule has 1 heterocycles. The Balaban J connectivity index is 2.45. The molecule has 2 rings (SSSR count). The van der Waals surface area contributed by atoms with Gasteiger partial charge in [0.05, 0.1) is 10.6 Å². The fraction of sp³-hybridized carbons (Fsp3) is 0.0833. The van der Waals surface area contributed by atoms with Crippen LogP contribution in [-0.2, 0) is 0 Å². The molecule has 20 heavy (non-hydrogen) atoms. The first kappa shape index (κ1) is 14.2. The molecule has 0 radical (unpaired) electrons. The molecule has 0 saturated carbocycles. The van der Waals surface area contributed by atoms with Crippen LogP contribution in [0.2, 0.25) is 0 Å². The van der Waals surface area contributed by atoms with Crippen LogP contribution in [0.15, 0.2) is 34.8 Å². The number of pyridine rings is 1. The van der Waals surface area contributed by atoms with Gasteiger partial charge in [-0.25, -0.2) is 10.8 Å². The molecule has 0 amide bonds. The molecular weight excluding hydrogens is 326 g/mol. The van der Waals surface area contributed by atoms with Crippen molar-refractivity contribution in [1.29, 1.82) is 0 Å². The first-order chi connectivity index (χ1) is 9.51. The van der Waals surface area contributed by atoms with Crippen LogP contribution in [0.25, 0.3) is 0 Å². The van der Waals surface area contributed by atoms with Gasteiger partial charge in [0.1, 0.15) is 5.82 Å². The number of rotatable bonds is 4. The number of benzene rings is 1. The molecule has 0 saturated heterocycles. The van der Waals surface area contributed by atoms with E-state index in [9.17, 15) is 10.1 Å². The topological polar surface area (TPSA) is 106 Å². The Hall–Kier alpha value is -2.19. The Morgan fingerprint density at radius 3 is 2.75 bits per heavy atom. The van der Waals surface area contributed by atoms with E-state index in [0.29, 0.717) is 11.5 Å². The van der Waals surface area contributed by atoms with Gasteiger partial charge in [-0.1, -0.05) is 6.07 Å². The highest BCUT2D eigenvalue weighted by molar-refractivity contribution is 9.10. The average molecular weight is 338 g/mol. The fourth-order valence-electron chi connectivity index (χ4n) is 1.63. The van der Waals surface area contributed by atoms with Gasteiger partial charge in [0.2, 0.25) is 5.82 Å². The Labute approximate surface area is 123 Å². The van der Waals surface area contributed by atoms with E-state index >= 15 is 0 Å². The second kappa shape index (κ2) is 5.85. The van der Waals surface area contributed by atoms with E-state index in [0.717, 1.165) is 10.0 Å². The van der Waals surface area contributed by atoms with E-state index in [4.69, 9.17) is 5.84 Å². The Bertz CT molecular complexity index is 662. The van der Waals surface area contributed by atoms with Crippen molar-refractivity contribution in [3.8, 4) is 0 Å². The lowest BCUT2D eigenvalue weighted by Crippen LogP contribution is -2.10. The highest BCUT2D eigenvalue weighted by Crippen LogP contribution is 2.31. The van der Waals surface area contributed by atoms with Gasteiger partial charge in [0, 0.05) is 10.5 Å². The zero-order chi connectivity index (χ0) is 14.7. The molecule has 0 aliphatic heterocycles. The highest BCUT2D eigenvalue weighted by Gasteiger charge is 2.17. The number of hydrazine groups is 1. The van der Waals surface area contributed by atoms with Gasteiger partial charge in [0.25, 0.3) is 0 Å². The first-order valence-corrected chi connectivity index (χ1v) is 6.46. The number of nitro groups is 1. The largest absolute Gasteiger partial charge is 0.333 e. The minimum absolute atomic E-state index is 0.122. The van der Waals surface area contributed by atoms with Crippen molar-refractivity contribution in [3.05, 3.63) is 50.5 Å². The lowest BCUT2D eigenvalue weighted by atomic mass is 10.2. The van der Waals surface area contributed by atoms with Crippen LogP contribution < -0.4 is 16.6 Å². The molecule has 7 nitrogen and oxygen atoms in total. The molecule has 0 aliphatic carbocycles. The molecule has 0 aliphatic rings. The fourth-order valence-corrected chi connectivity index (χ4v) is 1.98. The van der Waals surface area contributed by atoms with Gasteiger partial charge in [-0.2, -0.15) is 0 Å². The molecule has 8 heteroatoms. The SMILES string of the molecule is Cc1ccc(Br)c(Nc2nc(NN)ccc2[N+](=O)[O-])c1. The summed E-state index contributed by atoms with van der Waals surface area (Å²) in [6.07, 6.45) is 0. The zero-order valence-electron chi connectivity index (χ0n) is 10.6. The minimum atomic E-state index is -0.501. The number of nitrogens with zero attached hydrogens (tertiary/aromatic N) is 2. The molecule has 0 spiro atoms. The van der Waals surface area contributed by atoms with Gasteiger partial charge in [0.15, 0.2) is 0 Å². The molecular formula is C12H12BrN5O2. The van der Waals surface area contributed by atoms with Crippen molar-refractivity contribution in [3.63, 3.8) is 0 Å². The van der Waals surface area contributed by atoms with Gasteiger partial charge in [-0.05, 0) is 46.6 Å². The number of hydrogen-bond acceptors (Lipinski definition) is 6. The summed E-state index contributed by atoms with van der Waals surface area (Å²) in [6.45, 7) is 1.93. The number of aryl methyl sites for hydroxylation is 1. The third-order valence-electron chi connectivity index (χ3n) is 2.59. The smallest absolute Gasteiger partial charge is 0.311 e. The number of anilines is 3. The molecule has 1 aromatic heterocycles. The second-order valence-electron chi connectivity index (χ2n) is 4.07. The third kappa shape index (κ3) is 3.03. The number of nitrogens with one attached hydrogen (secondary N) is 2. The predicted molar refractivity (Wildman–Crippen MR) is 80.9 cm³/mol. The van der Waals surface area contributed by atoms with Gasteiger partial charge >= 0.3 is 5.69 Å². The summed E-state index contributed by atoms with van der Waals surface area (Å²) in [7, 11) is 0. The zero-order valence-corrected chi connectivity index (χ0v) is 12.1. The highest BCUT2D eigenvalue weighted by atomic mass is 79.9. The van der Waals surface area contributed by atoms with E-state index in [1.54, 1.807) is 0 Å². The monoisotopic (exact) mass is 337 g/mol. The van der Waals surface area contributed by atoms with Crippen LogP contribution in [-0.4, -0.2) is 9.91 Å². The Kier molecular flexibility index (Phi) is 4.16.